The van der Waals surface area contributed by atoms with Gasteiger partial charge in [0.2, 0.25) is 0 Å². The highest BCUT2D eigenvalue weighted by Crippen LogP contribution is 2.30. The van der Waals surface area contributed by atoms with Gasteiger partial charge in [-0.15, -0.1) is 0 Å². The zero-order valence-electron chi connectivity index (χ0n) is 10.7. The molecule has 3 N–H and O–H groups in total. The number of aromatic nitrogens is 1. The fraction of sp³-hybridized carbons (Fsp3) is 0.429. The lowest BCUT2D eigenvalue weighted by Crippen LogP contribution is -2.29. The smallest absolute Gasteiger partial charge is 0.0507 e. The maximum atomic E-state index is 6.18. The van der Waals surface area contributed by atoms with Gasteiger partial charge in [-0.2, -0.15) is 0 Å². The van der Waals surface area contributed by atoms with Crippen LogP contribution in [0.15, 0.2) is 12.1 Å². The SMILES string of the molecule is Cc1cc(C)c2[nH]c(C(C)(C)N)c(C)c2c1. The van der Waals surface area contributed by atoms with Crippen molar-refractivity contribution in [3.63, 3.8) is 0 Å². The number of hydrogen-bond acceptors (Lipinski definition) is 1. The van der Waals surface area contributed by atoms with Crippen LogP contribution in [0.4, 0.5) is 0 Å². The maximum Gasteiger partial charge on any atom is 0.0507 e. The van der Waals surface area contributed by atoms with Crippen molar-refractivity contribution < 1.29 is 0 Å². The predicted molar refractivity (Wildman–Crippen MR) is 69.7 cm³/mol. The third-order valence-corrected chi connectivity index (χ3v) is 3.15. The lowest BCUT2D eigenvalue weighted by Gasteiger charge is -2.18. The molecular weight excluding hydrogens is 196 g/mol. The Labute approximate surface area is 96.9 Å². The van der Waals surface area contributed by atoms with E-state index in [0.717, 1.165) is 5.69 Å². The van der Waals surface area contributed by atoms with Gasteiger partial charge in [0.1, 0.15) is 0 Å². The van der Waals surface area contributed by atoms with Gasteiger partial charge >= 0.3 is 0 Å². The van der Waals surface area contributed by atoms with Gasteiger partial charge in [-0.05, 0) is 51.8 Å². The van der Waals surface area contributed by atoms with Crippen LogP contribution in [0.5, 0.6) is 0 Å². The normalized spacial score (nSPS) is 12.4. The lowest BCUT2D eigenvalue weighted by atomic mass is 9.97. The number of benzene rings is 1. The summed E-state index contributed by atoms with van der Waals surface area (Å²) in [6.07, 6.45) is 0. The van der Waals surface area contributed by atoms with Crippen molar-refractivity contribution in [3.8, 4) is 0 Å². The molecule has 2 rings (SSSR count). The number of H-pyrrole nitrogens is 1. The summed E-state index contributed by atoms with van der Waals surface area (Å²) in [4.78, 5) is 3.47. The van der Waals surface area contributed by atoms with Crippen molar-refractivity contribution in [3.05, 3.63) is 34.5 Å². The van der Waals surface area contributed by atoms with E-state index in [9.17, 15) is 0 Å². The van der Waals surface area contributed by atoms with E-state index in [-0.39, 0.29) is 5.54 Å². The van der Waals surface area contributed by atoms with Crippen molar-refractivity contribution in [1.29, 1.82) is 0 Å². The first-order valence-electron chi connectivity index (χ1n) is 5.69. The van der Waals surface area contributed by atoms with Crippen molar-refractivity contribution in [2.75, 3.05) is 0 Å². The predicted octanol–water partition coefficient (Wildman–Crippen LogP) is 3.29. The largest absolute Gasteiger partial charge is 0.356 e. The first-order valence-corrected chi connectivity index (χ1v) is 5.69. The second-order valence-electron chi connectivity index (χ2n) is 5.35. The maximum absolute atomic E-state index is 6.18. The summed E-state index contributed by atoms with van der Waals surface area (Å²) in [7, 11) is 0. The molecule has 2 aromatic rings. The Hall–Kier alpha value is -1.28. The molecule has 0 aliphatic rings. The Morgan fingerprint density at radius 3 is 2.31 bits per heavy atom. The minimum atomic E-state index is -0.316. The summed E-state index contributed by atoms with van der Waals surface area (Å²) >= 11 is 0. The van der Waals surface area contributed by atoms with E-state index in [1.165, 1.54) is 27.6 Å². The number of nitrogens with two attached hydrogens (primary N) is 1. The highest BCUT2D eigenvalue weighted by Gasteiger charge is 2.21. The van der Waals surface area contributed by atoms with Crippen molar-refractivity contribution in [2.24, 2.45) is 5.73 Å². The number of rotatable bonds is 1. The number of fused-ring (bicyclic) bond motifs is 1. The average molecular weight is 216 g/mol. The van der Waals surface area contributed by atoms with Gasteiger partial charge in [0.25, 0.3) is 0 Å². The van der Waals surface area contributed by atoms with E-state index in [0.29, 0.717) is 0 Å². The van der Waals surface area contributed by atoms with E-state index in [1.807, 2.05) is 13.8 Å². The van der Waals surface area contributed by atoms with Crippen molar-refractivity contribution in [2.45, 2.75) is 40.2 Å². The molecule has 0 fully saturated rings. The number of aryl methyl sites for hydroxylation is 3. The first kappa shape index (κ1) is 11.2. The highest BCUT2D eigenvalue weighted by molar-refractivity contribution is 5.88. The lowest BCUT2D eigenvalue weighted by molar-refractivity contribution is 0.536. The minimum Gasteiger partial charge on any atom is -0.356 e. The molecule has 0 aliphatic heterocycles. The second kappa shape index (κ2) is 3.36. The number of aromatic amines is 1. The summed E-state index contributed by atoms with van der Waals surface area (Å²) in [5.74, 6) is 0. The van der Waals surface area contributed by atoms with Crippen LogP contribution in [0.25, 0.3) is 10.9 Å². The van der Waals surface area contributed by atoms with Gasteiger partial charge in [-0.1, -0.05) is 11.6 Å². The van der Waals surface area contributed by atoms with E-state index < -0.39 is 0 Å². The molecule has 2 nitrogen and oxygen atoms in total. The van der Waals surface area contributed by atoms with Crippen LogP contribution in [-0.2, 0) is 5.54 Å². The fourth-order valence-corrected chi connectivity index (χ4v) is 2.43. The monoisotopic (exact) mass is 216 g/mol. The molecule has 0 spiro atoms. The van der Waals surface area contributed by atoms with Gasteiger partial charge in [0.05, 0.1) is 5.54 Å². The molecule has 1 aromatic heterocycles. The fourth-order valence-electron chi connectivity index (χ4n) is 2.43. The average Bonchev–Trinajstić information content (AvgIpc) is 2.43. The van der Waals surface area contributed by atoms with Crippen LogP contribution < -0.4 is 5.73 Å². The molecule has 0 aliphatic carbocycles. The van der Waals surface area contributed by atoms with Crippen LogP contribution in [0.2, 0.25) is 0 Å². The Balaban J connectivity index is 2.83. The van der Waals surface area contributed by atoms with Gasteiger partial charge in [0.15, 0.2) is 0 Å². The Bertz CT molecular complexity index is 542. The standard InChI is InChI=1S/C14H20N2/c1-8-6-9(2)12-11(7-8)10(3)13(16-12)14(4,5)15/h6-7,16H,15H2,1-5H3. The number of nitrogens with one attached hydrogen (secondary N) is 1. The van der Waals surface area contributed by atoms with Gasteiger partial charge in [-0.25, -0.2) is 0 Å². The summed E-state index contributed by atoms with van der Waals surface area (Å²) in [6.45, 7) is 10.5. The second-order valence-corrected chi connectivity index (χ2v) is 5.35. The summed E-state index contributed by atoms with van der Waals surface area (Å²) < 4.78 is 0. The first-order chi connectivity index (χ1) is 7.30. The molecule has 86 valence electrons. The molecule has 0 amide bonds. The van der Waals surface area contributed by atoms with Gasteiger partial charge in [-0.3, -0.25) is 0 Å². The van der Waals surface area contributed by atoms with Crippen molar-refractivity contribution >= 4 is 10.9 Å². The molecular formula is C14H20N2. The molecule has 1 aromatic carbocycles. The molecule has 0 unspecified atom stereocenters. The zero-order valence-corrected chi connectivity index (χ0v) is 10.7. The quantitative estimate of drug-likeness (QED) is 0.754. The van der Waals surface area contributed by atoms with Gasteiger partial charge in [0, 0.05) is 16.6 Å². The van der Waals surface area contributed by atoms with Crippen LogP contribution in [0.3, 0.4) is 0 Å². The minimum absolute atomic E-state index is 0.316. The van der Waals surface area contributed by atoms with Crippen LogP contribution in [-0.4, -0.2) is 4.98 Å². The molecule has 2 heteroatoms. The Kier molecular flexibility index (Phi) is 2.35. The summed E-state index contributed by atoms with van der Waals surface area (Å²) in [5.41, 5.74) is 12.1. The third kappa shape index (κ3) is 1.63. The highest BCUT2D eigenvalue weighted by atomic mass is 14.8. The molecule has 0 saturated heterocycles. The Morgan fingerprint density at radius 2 is 1.75 bits per heavy atom. The molecule has 0 bridgehead atoms. The summed E-state index contributed by atoms with van der Waals surface area (Å²) in [5, 5.41) is 1.30. The van der Waals surface area contributed by atoms with Crippen LogP contribution in [0.1, 0.15) is 36.2 Å². The topological polar surface area (TPSA) is 41.8 Å². The Morgan fingerprint density at radius 1 is 1.12 bits per heavy atom. The van der Waals surface area contributed by atoms with E-state index >= 15 is 0 Å². The summed E-state index contributed by atoms with van der Waals surface area (Å²) in [6, 6.07) is 4.43. The van der Waals surface area contributed by atoms with Gasteiger partial charge < -0.3 is 10.7 Å². The van der Waals surface area contributed by atoms with E-state index in [2.05, 4.69) is 37.9 Å². The van der Waals surface area contributed by atoms with Crippen LogP contribution in [0, 0.1) is 20.8 Å². The van der Waals surface area contributed by atoms with E-state index in [1.54, 1.807) is 0 Å². The molecule has 0 atom stereocenters. The zero-order chi connectivity index (χ0) is 12.1. The molecule has 0 radical (unpaired) electrons. The third-order valence-electron chi connectivity index (χ3n) is 3.15. The van der Waals surface area contributed by atoms with E-state index in [4.69, 9.17) is 5.73 Å². The molecule has 0 saturated carbocycles. The molecule has 1 heterocycles. The molecule has 16 heavy (non-hydrogen) atoms. The number of hydrogen-bond donors (Lipinski definition) is 2. The van der Waals surface area contributed by atoms with Crippen LogP contribution >= 0.6 is 0 Å². The van der Waals surface area contributed by atoms with Crippen molar-refractivity contribution in [1.82, 2.24) is 4.98 Å².